The Bertz CT molecular complexity index is 837. The molecule has 100 valence electrons. The van der Waals surface area contributed by atoms with Gasteiger partial charge in [-0.05, 0) is 12.1 Å². The predicted molar refractivity (Wildman–Crippen MR) is 81.0 cm³/mol. The Morgan fingerprint density at radius 1 is 0.714 bits per heavy atom. The maximum Gasteiger partial charge on any atom is 0.224 e. The molecular formula is C19H14NO+. The minimum Gasteiger partial charge on any atom is -0.288 e. The van der Waals surface area contributed by atoms with E-state index in [2.05, 4.69) is 16.7 Å². The molecular weight excluding hydrogens is 258 g/mol. The van der Waals surface area contributed by atoms with Crippen LogP contribution in [0.5, 0.6) is 0 Å². The van der Waals surface area contributed by atoms with E-state index in [0.29, 0.717) is 0 Å². The van der Waals surface area contributed by atoms with Crippen LogP contribution in [0.25, 0.3) is 11.3 Å². The number of ketones is 1. The van der Waals surface area contributed by atoms with E-state index < -0.39 is 0 Å². The normalized spacial score (nSPS) is 12.1. The van der Waals surface area contributed by atoms with Crippen LogP contribution in [0.2, 0.25) is 0 Å². The van der Waals surface area contributed by atoms with E-state index in [-0.39, 0.29) is 5.78 Å². The fourth-order valence-electron chi connectivity index (χ4n) is 2.98. The van der Waals surface area contributed by atoms with Crippen LogP contribution < -0.4 is 4.57 Å². The fourth-order valence-corrected chi connectivity index (χ4v) is 2.98. The van der Waals surface area contributed by atoms with Gasteiger partial charge in [0.15, 0.2) is 12.7 Å². The van der Waals surface area contributed by atoms with Crippen molar-refractivity contribution in [2.24, 2.45) is 0 Å². The van der Waals surface area contributed by atoms with Crippen LogP contribution in [-0.4, -0.2) is 5.78 Å². The molecule has 1 heterocycles. The number of nitrogens with zero attached hydrogens (tertiary/aromatic N) is 1. The maximum absolute atomic E-state index is 12.5. The molecule has 2 heteroatoms. The highest BCUT2D eigenvalue weighted by molar-refractivity contribution is 6.20. The van der Waals surface area contributed by atoms with E-state index in [1.807, 2.05) is 60.8 Å². The Kier molecular flexibility index (Phi) is 2.68. The molecule has 0 spiro atoms. The lowest BCUT2D eigenvalue weighted by Gasteiger charge is -2.03. The first-order valence-corrected chi connectivity index (χ1v) is 7.05. The minimum absolute atomic E-state index is 0.128. The van der Waals surface area contributed by atoms with Gasteiger partial charge in [0, 0.05) is 17.2 Å². The number of hydrogen-bond acceptors (Lipinski definition) is 1. The van der Waals surface area contributed by atoms with Crippen LogP contribution in [0, 0.1) is 0 Å². The van der Waals surface area contributed by atoms with E-state index in [1.165, 1.54) is 5.56 Å². The molecule has 0 bridgehead atoms. The third-order valence-electron chi connectivity index (χ3n) is 3.94. The number of aromatic nitrogens is 1. The average Bonchev–Trinajstić information content (AvgIpc) is 2.83. The molecule has 0 amide bonds. The number of pyridine rings is 1. The number of carbonyl (C=O) groups excluding carboxylic acids is 1. The zero-order valence-corrected chi connectivity index (χ0v) is 11.5. The number of fused-ring (bicyclic) bond motifs is 3. The molecule has 0 unspecified atom stereocenters. The smallest absolute Gasteiger partial charge is 0.224 e. The highest BCUT2D eigenvalue weighted by atomic mass is 16.1. The Morgan fingerprint density at radius 2 is 1.38 bits per heavy atom. The van der Waals surface area contributed by atoms with Crippen molar-refractivity contribution in [3.05, 3.63) is 89.6 Å². The van der Waals surface area contributed by atoms with Gasteiger partial charge in [-0.1, -0.05) is 48.5 Å². The molecule has 0 N–H and O–H groups in total. The quantitative estimate of drug-likeness (QED) is 0.513. The van der Waals surface area contributed by atoms with Crippen LogP contribution >= 0.6 is 0 Å². The molecule has 1 aliphatic carbocycles. The van der Waals surface area contributed by atoms with Crippen molar-refractivity contribution in [3.8, 4) is 11.3 Å². The molecule has 0 atom stereocenters. The Labute approximate surface area is 123 Å². The van der Waals surface area contributed by atoms with Crippen molar-refractivity contribution in [3.63, 3.8) is 0 Å². The first-order chi connectivity index (χ1) is 10.3. The van der Waals surface area contributed by atoms with Gasteiger partial charge >= 0.3 is 0 Å². The summed E-state index contributed by atoms with van der Waals surface area (Å²) in [5, 5.41) is 0. The second kappa shape index (κ2) is 4.67. The van der Waals surface area contributed by atoms with E-state index in [9.17, 15) is 4.79 Å². The topological polar surface area (TPSA) is 20.9 Å². The van der Waals surface area contributed by atoms with E-state index in [1.54, 1.807) is 0 Å². The zero-order chi connectivity index (χ0) is 14.2. The standard InChI is InChI=1S/C19H14NO/c21-19-16-10-5-4-9-15(16)18-17(19)11-6-12-20(18)13-14-7-2-1-3-8-14/h1-12H,13H2/q+1. The molecule has 1 aliphatic rings. The first-order valence-electron chi connectivity index (χ1n) is 7.05. The fraction of sp³-hybridized carbons (Fsp3) is 0.0526. The second-order valence-electron chi connectivity index (χ2n) is 5.26. The van der Waals surface area contributed by atoms with Crippen molar-refractivity contribution in [1.29, 1.82) is 0 Å². The summed E-state index contributed by atoms with van der Waals surface area (Å²) in [6.07, 6.45) is 2.04. The summed E-state index contributed by atoms with van der Waals surface area (Å²) < 4.78 is 2.16. The Hall–Kier alpha value is -2.74. The molecule has 0 aliphatic heterocycles. The molecule has 3 aromatic rings. The molecule has 0 fully saturated rings. The van der Waals surface area contributed by atoms with E-state index in [0.717, 1.165) is 28.9 Å². The van der Waals surface area contributed by atoms with Crippen LogP contribution in [0.1, 0.15) is 21.5 Å². The van der Waals surface area contributed by atoms with Gasteiger partial charge in [0.25, 0.3) is 0 Å². The number of rotatable bonds is 2. The Balaban J connectivity index is 1.88. The summed E-state index contributed by atoms with van der Waals surface area (Å²) in [4.78, 5) is 12.5. The number of hydrogen-bond donors (Lipinski definition) is 0. The largest absolute Gasteiger partial charge is 0.288 e. The van der Waals surface area contributed by atoms with Crippen LogP contribution in [0.15, 0.2) is 72.9 Å². The van der Waals surface area contributed by atoms with Gasteiger partial charge in [-0.25, -0.2) is 0 Å². The lowest BCUT2D eigenvalue weighted by Crippen LogP contribution is -2.36. The van der Waals surface area contributed by atoms with Crippen molar-refractivity contribution in [2.75, 3.05) is 0 Å². The van der Waals surface area contributed by atoms with Crippen LogP contribution in [0.4, 0.5) is 0 Å². The SMILES string of the molecule is O=C1c2ccccc2-c2c1ccc[n+]2Cc1ccccc1. The molecule has 21 heavy (non-hydrogen) atoms. The predicted octanol–water partition coefficient (Wildman–Crippen LogP) is 3.23. The highest BCUT2D eigenvalue weighted by Gasteiger charge is 2.33. The van der Waals surface area contributed by atoms with Crippen molar-refractivity contribution in [2.45, 2.75) is 6.54 Å². The number of benzene rings is 2. The van der Waals surface area contributed by atoms with Crippen LogP contribution in [0.3, 0.4) is 0 Å². The minimum atomic E-state index is 0.128. The van der Waals surface area contributed by atoms with Gasteiger partial charge in [0.05, 0.1) is 11.1 Å². The Morgan fingerprint density at radius 3 is 2.19 bits per heavy atom. The van der Waals surface area contributed by atoms with Gasteiger partial charge in [-0.2, -0.15) is 4.57 Å². The van der Waals surface area contributed by atoms with Gasteiger partial charge in [0.2, 0.25) is 11.5 Å². The highest BCUT2D eigenvalue weighted by Crippen LogP contribution is 2.33. The average molecular weight is 272 g/mol. The third kappa shape index (κ3) is 1.88. The first kappa shape index (κ1) is 12.0. The molecule has 0 radical (unpaired) electrons. The van der Waals surface area contributed by atoms with Gasteiger partial charge < -0.3 is 0 Å². The van der Waals surface area contributed by atoms with Gasteiger partial charge in [0.1, 0.15) is 0 Å². The van der Waals surface area contributed by atoms with E-state index in [4.69, 9.17) is 0 Å². The maximum atomic E-state index is 12.5. The van der Waals surface area contributed by atoms with Crippen molar-refractivity contribution < 1.29 is 9.36 Å². The summed E-state index contributed by atoms with van der Waals surface area (Å²) in [5.41, 5.74) is 4.90. The zero-order valence-electron chi connectivity index (χ0n) is 11.5. The summed E-state index contributed by atoms with van der Waals surface area (Å²) >= 11 is 0. The molecule has 1 aromatic heterocycles. The molecule has 4 rings (SSSR count). The van der Waals surface area contributed by atoms with Crippen LogP contribution in [-0.2, 0) is 6.54 Å². The van der Waals surface area contributed by atoms with Crippen molar-refractivity contribution >= 4 is 5.78 Å². The third-order valence-corrected chi connectivity index (χ3v) is 3.94. The molecule has 2 aromatic carbocycles. The lowest BCUT2D eigenvalue weighted by molar-refractivity contribution is -0.677. The second-order valence-corrected chi connectivity index (χ2v) is 5.26. The van der Waals surface area contributed by atoms with E-state index >= 15 is 0 Å². The molecule has 0 saturated carbocycles. The summed E-state index contributed by atoms with van der Waals surface area (Å²) in [6, 6.07) is 22.0. The molecule has 2 nitrogen and oxygen atoms in total. The molecule has 0 saturated heterocycles. The van der Waals surface area contributed by atoms with Gasteiger partial charge in [-0.3, -0.25) is 4.79 Å². The summed E-state index contributed by atoms with van der Waals surface area (Å²) in [7, 11) is 0. The summed E-state index contributed by atoms with van der Waals surface area (Å²) in [6.45, 7) is 0.769. The van der Waals surface area contributed by atoms with Crippen molar-refractivity contribution in [1.82, 2.24) is 0 Å². The monoisotopic (exact) mass is 272 g/mol. The summed E-state index contributed by atoms with van der Waals surface area (Å²) in [5.74, 6) is 0.128. The van der Waals surface area contributed by atoms with Gasteiger partial charge in [-0.15, -0.1) is 0 Å². The number of carbonyl (C=O) groups is 1. The lowest BCUT2D eigenvalue weighted by atomic mass is 10.1.